The van der Waals surface area contributed by atoms with Crippen molar-refractivity contribution < 1.29 is 0 Å². The maximum absolute atomic E-state index is 4.62. The van der Waals surface area contributed by atoms with Crippen molar-refractivity contribution in [3.63, 3.8) is 0 Å². The molecule has 14 heavy (non-hydrogen) atoms. The second-order valence-electron chi connectivity index (χ2n) is 4.06. The highest BCUT2D eigenvalue weighted by molar-refractivity contribution is 5.50. The lowest BCUT2D eigenvalue weighted by atomic mass is 10.1. The molecule has 0 radical (unpaired) electrons. The van der Waals surface area contributed by atoms with Gasteiger partial charge in [0.2, 0.25) is 0 Å². The summed E-state index contributed by atoms with van der Waals surface area (Å²) in [4.78, 5) is 11.2. The summed E-state index contributed by atoms with van der Waals surface area (Å²) in [6.45, 7) is 5.43. The molecule has 1 aliphatic heterocycles. The van der Waals surface area contributed by atoms with Crippen LogP contribution in [0.1, 0.15) is 37.6 Å². The Morgan fingerprint density at radius 2 is 2.36 bits per heavy atom. The Kier molecular flexibility index (Phi) is 2.40. The van der Waals surface area contributed by atoms with Crippen molar-refractivity contribution in [2.45, 2.75) is 32.6 Å². The van der Waals surface area contributed by atoms with E-state index in [9.17, 15) is 0 Å². The molecular weight excluding hydrogens is 174 g/mol. The Hall–Kier alpha value is -1.12. The van der Waals surface area contributed by atoms with Crippen LogP contribution in [0.25, 0.3) is 0 Å². The number of nitrogens with zero attached hydrogens (tertiary/aromatic N) is 3. The van der Waals surface area contributed by atoms with Crippen LogP contribution in [0, 0.1) is 0 Å². The first-order chi connectivity index (χ1) is 6.72. The van der Waals surface area contributed by atoms with Gasteiger partial charge in [-0.15, -0.1) is 0 Å². The van der Waals surface area contributed by atoms with Gasteiger partial charge in [0.1, 0.15) is 11.6 Å². The lowest BCUT2D eigenvalue weighted by Crippen LogP contribution is -2.14. The van der Waals surface area contributed by atoms with Crippen molar-refractivity contribution in [2.75, 3.05) is 18.5 Å². The summed E-state index contributed by atoms with van der Waals surface area (Å²) in [7, 11) is 2.10. The van der Waals surface area contributed by atoms with Gasteiger partial charge in [0.05, 0.1) is 0 Å². The highest BCUT2D eigenvalue weighted by atomic mass is 15.2. The Morgan fingerprint density at radius 1 is 1.57 bits per heavy atom. The molecule has 0 saturated heterocycles. The van der Waals surface area contributed by atoms with Crippen LogP contribution in [0.5, 0.6) is 0 Å². The molecule has 1 aromatic rings. The molecule has 1 unspecified atom stereocenters. The van der Waals surface area contributed by atoms with E-state index in [2.05, 4.69) is 35.8 Å². The molecule has 0 amide bonds. The number of aromatic nitrogens is 2. The molecule has 2 rings (SSSR count). The molecule has 3 nitrogen and oxygen atoms in total. The van der Waals surface area contributed by atoms with Crippen molar-refractivity contribution in [3.05, 3.63) is 17.6 Å². The fraction of sp³-hybridized carbons (Fsp3) is 0.636. The summed E-state index contributed by atoms with van der Waals surface area (Å²) in [5, 5.41) is 0. The molecule has 1 aliphatic rings. The number of fused-ring (bicyclic) bond motifs is 1. The fourth-order valence-corrected chi connectivity index (χ4v) is 1.73. The van der Waals surface area contributed by atoms with Crippen LogP contribution in [0.15, 0.2) is 6.20 Å². The van der Waals surface area contributed by atoms with Crippen LogP contribution >= 0.6 is 0 Å². The van der Waals surface area contributed by atoms with Gasteiger partial charge in [-0.3, -0.25) is 0 Å². The minimum Gasteiger partial charge on any atom is -0.359 e. The van der Waals surface area contributed by atoms with Crippen molar-refractivity contribution in [2.24, 2.45) is 0 Å². The minimum absolute atomic E-state index is 0.467. The molecule has 76 valence electrons. The second-order valence-corrected chi connectivity index (χ2v) is 4.06. The molecule has 2 heterocycles. The predicted octanol–water partition coefficient (Wildman–Crippen LogP) is 1.98. The van der Waals surface area contributed by atoms with Gasteiger partial charge in [-0.1, -0.05) is 13.8 Å². The molecule has 0 bridgehead atoms. The quantitative estimate of drug-likeness (QED) is 0.715. The molecule has 1 atom stereocenters. The van der Waals surface area contributed by atoms with Gasteiger partial charge in [0, 0.05) is 31.3 Å². The summed E-state index contributed by atoms with van der Waals surface area (Å²) < 4.78 is 0. The lowest BCUT2D eigenvalue weighted by molar-refractivity contribution is 0.677. The fourth-order valence-electron chi connectivity index (χ4n) is 1.73. The number of hydrogen-bond acceptors (Lipinski definition) is 3. The van der Waals surface area contributed by atoms with Gasteiger partial charge in [-0.05, 0) is 12.8 Å². The van der Waals surface area contributed by atoms with Crippen molar-refractivity contribution in [3.8, 4) is 0 Å². The average Bonchev–Trinajstić information content (AvgIpc) is 2.59. The van der Waals surface area contributed by atoms with E-state index in [1.807, 2.05) is 6.20 Å². The summed E-state index contributed by atoms with van der Waals surface area (Å²) in [6.07, 6.45) is 4.18. The van der Waals surface area contributed by atoms with Crippen LogP contribution in [-0.4, -0.2) is 23.6 Å². The summed E-state index contributed by atoms with van der Waals surface area (Å²) in [5.41, 5.74) is 1.29. The molecule has 0 fully saturated rings. The van der Waals surface area contributed by atoms with Crippen LogP contribution < -0.4 is 4.90 Å². The van der Waals surface area contributed by atoms with Crippen LogP contribution in [-0.2, 0) is 6.42 Å². The van der Waals surface area contributed by atoms with Crippen molar-refractivity contribution in [1.82, 2.24) is 9.97 Å². The Labute approximate surface area is 85.2 Å². The third-order valence-electron chi connectivity index (χ3n) is 2.99. The SMILES string of the molecule is CCC(C)c1ncc2c(n1)N(C)CC2. The van der Waals surface area contributed by atoms with Gasteiger partial charge in [0.25, 0.3) is 0 Å². The first-order valence-electron chi connectivity index (χ1n) is 5.29. The standard InChI is InChI=1S/C11H17N3/c1-4-8(2)10-12-7-9-5-6-14(3)11(9)13-10/h7-8H,4-6H2,1-3H3. The van der Waals surface area contributed by atoms with E-state index in [4.69, 9.17) is 0 Å². The summed E-state index contributed by atoms with van der Waals surface area (Å²) in [5.74, 6) is 2.59. The number of likely N-dealkylation sites (N-methyl/N-ethyl adjacent to an activating group) is 1. The zero-order valence-electron chi connectivity index (χ0n) is 9.12. The van der Waals surface area contributed by atoms with Crippen LogP contribution in [0.2, 0.25) is 0 Å². The third kappa shape index (κ3) is 1.47. The molecule has 0 spiro atoms. The first-order valence-corrected chi connectivity index (χ1v) is 5.29. The summed E-state index contributed by atoms with van der Waals surface area (Å²) in [6, 6.07) is 0. The van der Waals surface area contributed by atoms with E-state index < -0.39 is 0 Å². The molecular formula is C11H17N3. The molecule has 1 aromatic heterocycles. The van der Waals surface area contributed by atoms with E-state index in [0.717, 1.165) is 31.0 Å². The molecule has 0 N–H and O–H groups in total. The molecule has 3 heteroatoms. The maximum atomic E-state index is 4.62. The highest BCUT2D eigenvalue weighted by Gasteiger charge is 2.19. The average molecular weight is 191 g/mol. The third-order valence-corrected chi connectivity index (χ3v) is 2.99. The van der Waals surface area contributed by atoms with Crippen LogP contribution in [0.4, 0.5) is 5.82 Å². The topological polar surface area (TPSA) is 29.0 Å². The minimum atomic E-state index is 0.467. The van der Waals surface area contributed by atoms with Gasteiger partial charge >= 0.3 is 0 Å². The van der Waals surface area contributed by atoms with Gasteiger partial charge in [0.15, 0.2) is 0 Å². The van der Waals surface area contributed by atoms with E-state index in [-0.39, 0.29) is 0 Å². The largest absolute Gasteiger partial charge is 0.359 e. The lowest BCUT2D eigenvalue weighted by Gasteiger charge is -2.13. The Balaban J connectivity index is 2.34. The van der Waals surface area contributed by atoms with Gasteiger partial charge in [-0.25, -0.2) is 9.97 Å². The first kappa shape index (κ1) is 9.44. The maximum Gasteiger partial charge on any atom is 0.135 e. The normalized spacial score (nSPS) is 16.9. The zero-order valence-corrected chi connectivity index (χ0v) is 9.12. The Bertz CT molecular complexity index is 335. The van der Waals surface area contributed by atoms with Crippen molar-refractivity contribution in [1.29, 1.82) is 0 Å². The Morgan fingerprint density at radius 3 is 3.07 bits per heavy atom. The number of rotatable bonds is 2. The number of anilines is 1. The van der Waals surface area contributed by atoms with Crippen LogP contribution in [0.3, 0.4) is 0 Å². The monoisotopic (exact) mass is 191 g/mol. The van der Waals surface area contributed by atoms with Crippen molar-refractivity contribution >= 4 is 5.82 Å². The highest BCUT2D eigenvalue weighted by Crippen LogP contribution is 2.25. The number of hydrogen-bond donors (Lipinski definition) is 0. The second kappa shape index (κ2) is 3.56. The smallest absolute Gasteiger partial charge is 0.135 e. The predicted molar refractivity (Wildman–Crippen MR) is 57.7 cm³/mol. The van der Waals surface area contributed by atoms with Gasteiger partial charge < -0.3 is 4.90 Å². The van der Waals surface area contributed by atoms with E-state index >= 15 is 0 Å². The molecule has 0 aliphatic carbocycles. The zero-order chi connectivity index (χ0) is 10.1. The summed E-state index contributed by atoms with van der Waals surface area (Å²) >= 11 is 0. The van der Waals surface area contributed by atoms with E-state index in [0.29, 0.717) is 5.92 Å². The molecule has 0 aromatic carbocycles. The van der Waals surface area contributed by atoms with Gasteiger partial charge in [-0.2, -0.15) is 0 Å². The molecule has 0 saturated carbocycles. The van der Waals surface area contributed by atoms with E-state index in [1.165, 1.54) is 5.56 Å². The van der Waals surface area contributed by atoms with E-state index in [1.54, 1.807) is 0 Å².